The van der Waals surface area contributed by atoms with Crippen LogP contribution < -0.4 is 15.5 Å². The molecule has 1 aromatic heterocycles. The Hall–Kier alpha value is -2.71. The summed E-state index contributed by atoms with van der Waals surface area (Å²) in [6, 6.07) is -1.10. The van der Waals surface area contributed by atoms with E-state index in [1.54, 1.807) is 11.2 Å². The number of urea groups is 1. The number of nitrogens with zero attached hydrogens (tertiary/aromatic N) is 4. The molecule has 25 heavy (non-hydrogen) atoms. The fraction of sp³-hybridized carbons (Fsp3) is 0.562. The molecule has 9 heteroatoms. The number of aryl methyl sites for hydroxylation is 1. The molecule has 4 amide bonds. The highest BCUT2D eigenvalue weighted by atomic mass is 16.2. The lowest BCUT2D eigenvalue weighted by molar-refractivity contribution is -0.131. The summed E-state index contributed by atoms with van der Waals surface area (Å²) in [5.41, 5.74) is 2.02. The van der Waals surface area contributed by atoms with Gasteiger partial charge < -0.3 is 15.1 Å². The van der Waals surface area contributed by atoms with Gasteiger partial charge in [-0.2, -0.15) is 0 Å². The van der Waals surface area contributed by atoms with Crippen molar-refractivity contribution < 1.29 is 14.4 Å². The summed E-state index contributed by atoms with van der Waals surface area (Å²) < 4.78 is 0. The number of piperazine rings is 1. The molecule has 1 atom stereocenters. The number of rotatable bonds is 4. The van der Waals surface area contributed by atoms with Crippen LogP contribution in [-0.2, 0) is 9.59 Å². The van der Waals surface area contributed by atoms with Gasteiger partial charge in [-0.15, -0.1) is 0 Å². The highest BCUT2D eigenvalue weighted by Gasteiger charge is 2.30. The minimum Gasteiger partial charge on any atom is -0.353 e. The second kappa shape index (κ2) is 7.04. The quantitative estimate of drug-likeness (QED) is 0.727. The van der Waals surface area contributed by atoms with Crippen LogP contribution in [0.5, 0.6) is 0 Å². The lowest BCUT2D eigenvalue weighted by Gasteiger charge is -2.36. The number of aromatic nitrogens is 2. The molecule has 0 spiro atoms. The van der Waals surface area contributed by atoms with Gasteiger partial charge in [-0.1, -0.05) is 0 Å². The molecule has 134 valence electrons. The summed E-state index contributed by atoms with van der Waals surface area (Å²) in [5.74, 6) is 0.561. The number of carbonyl (C=O) groups is 3. The van der Waals surface area contributed by atoms with Crippen molar-refractivity contribution in [1.29, 1.82) is 0 Å². The Morgan fingerprint density at radius 3 is 2.56 bits per heavy atom. The van der Waals surface area contributed by atoms with E-state index >= 15 is 0 Å². The first-order valence-electron chi connectivity index (χ1n) is 8.38. The maximum Gasteiger partial charge on any atom is 0.322 e. The maximum absolute atomic E-state index is 12.3. The number of hydrogen-bond acceptors (Lipinski definition) is 6. The molecule has 2 aliphatic rings. The number of carbonyl (C=O) groups excluding carboxylic acids is 3. The van der Waals surface area contributed by atoms with Crippen molar-refractivity contribution in [3.63, 3.8) is 0 Å². The highest BCUT2D eigenvalue weighted by molar-refractivity contribution is 6.04. The van der Waals surface area contributed by atoms with Crippen LogP contribution in [0.25, 0.3) is 0 Å². The minimum atomic E-state index is -0.607. The van der Waals surface area contributed by atoms with Gasteiger partial charge in [0.2, 0.25) is 5.91 Å². The minimum absolute atomic E-state index is 0.00388. The Balaban J connectivity index is 1.50. The summed E-state index contributed by atoms with van der Waals surface area (Å²) in [4.78, 5) is 47.4. The molecule has 1 aromatic rings. The van der Waals surface area contributed by atoms with E-state index in [4.69, 9.17) is 0 Å². The zero-order valence-corrected chi connectivity index (χ0v) is 14.4. The van der Waals surface area contributed by atoms with Gasteiger partial charge in [0.05, 0.1) is 0 Å². The van der Waals surface area contributed by atoms with E-state index in [0.29, 0.717) is 32.6 Å². The molecular formula is C16H22N6O3. The van der Waals surface area contributed by atoms with Crippen molar-refractivity contribution in [1.82, 2.24) is 25.5 Å². The SMILES string of the molecule is Cc1ncnc(N2CCN(C(=O)CC[C@@H]3NC(=O)NC3=O)CC2)c1C. The van der Waals surface area contributed by atoms with Crippen LogP contribution in [0.2, 0.25) is 0 Å². The van der Waals surface area contributed by atoms with Crippen LogP contribution in [0.15, 0.2) is 6.33 Å². The first-order valence-corrected chi connectivity index (χ1v) is 8.38. The molecule has 0 aromatic carbocycles. The van der Waals surface area contributed by atoms with Gasteiger partial charge >= 0.3 is 6.03 Å². The molecule has 0 saturated carbocycles. The molecule has 3 rings (SSSR count). The Bertz CT molecular complexity index is 699. The van der Waals surface area contributed by atoms with Crippen LogP contribution >= 0.6 is 0 Å². The Labute approximate surface area is 145 Å². The van der Waals surface area contributed by atoms with Gasteiger partial charge in [0.25, 0.3) is 5.91 Å². The number of imide groups is 1. The smallest absolute Gasteiger partial charge is 0.322 e. The summed E-state index contributed by atoms with van der Waals surface area (Å²) in [5, 5.41) is 4.68. The third-order valence-electron chi connectivity index (χ3n) is 4.75. The molecule has 2 aliphatic heterocycles. The van der Waals surface area contributed by atoms with Crippen molar-refractivity contribution in [3.8, 4) is 0 Å². The second-order valence-electron chi connectivity index (χ2n) is 6.33. The lowest BCUT2D eigenvalue weighted by Crippen LogP contribution is -2.49. The Kier molecular flexibility index (Phi) is 4.82. The van der Waals surface area contributed by atoms with E-state index < -0.39 is 12.1 Å². The first-order chi connectivity index (χ1) is 12.0. The van der Waals surface area contributed by atoms with Gasteiger partial charge in [-0.05, 0) is 20.3 Å². The standard InChI is InChI=1S/C16H22N6O3/c1-10-11(2)17-9-18-14(10)22-7-5-21(6-8-22)13(23)4-3-12-15(24)20-16(25)19-12/h9,12H,3-8H2,1-2H3,(H2,19,20,24,25)/t12-/m0/s1. The lowest BCUT2D eigenvalue weighted by atomic mass is 10.1. The van der Waals surface area contributed by atoms with E-state index in [1.807, 2.05) is 13.8 Å². The van der Waals surface area contributed by atoms with Gasteiger partial charge in [0, 0.05) is 43.9 Å². The zero-order chi connectivity index (χ0) is 18.0. The number of nitrogens with one attached hydrogen (secondary N) is 2. The van der Waals surface area contributed by atoms with Crippen molar-refractivity contribution >= 4 is 23.7 Å². The van der Waals surface area contributed by atoms with Gasteiger partial charge in [0.15, 0.2) is 0 Å². The van der Waals surface area contributed by atoms with Crippen LogP contribution in [0, 0.1) is 13.8 Å². The van der Waals surface area contributed by atoms with Crippen LogP contribution in [0.1, 0.15) is 24.1 Å². The van der Waals surface area contributed by atoms with Crippen molar-refractivity contribution in [2.45, 2.75) is 32.7 Å². The topological polar surface area (TPSA) is 108 Å². The largest absolute Gasteiger partial charge is 0.353 e. The van der Waals surface area contributed by atoms with Crippen molar-refractivity contribution in [3.05, 3.63) is 17.6 Å². The van der Waals surface area contributed by atoms with E-state index in [9.17, 15) is 14.4 Å². The van der Waals surface area contributed by atoms with Crippen molar-refractivity contribution in [2.24, 2.45) is 0 Å². The molecule has 2 fully saturated rings. The van der Waals surface area contributed by atoms with Crippen LogP contribution in [0.3, 0.4) is 0 Å². The second-order valence-corrected chi connectivity index (χ2v) is 6.33. The Morgan fingerprint density at radius 1 is 1.20 bits per heavy atom. The molecule has 0 radical (unpaired) electrons. The summed E-state index contributed by atoms with van der Waals surface area (Å²) in [7, 11) is 0. The molecule has 0 bridgehead atoms. The number of amides is 4. The molecule has 0 aliphatic carbocycles. The predicted molar refractivity (Wildman–Crippen MR) is 90.0 cm³/mol. The molecule has 3 heterocycles. The molecule has 9 nitrogen and oxygen atoms in total. The third kappa shape index (κ3) is 3.70. The van der Waals surface area contributed by atoms with E-state index in [1.165, 1.54) is 0 Å². The number of anilines is 1. The fourth-order valence-electron chi connectivity index (χ4n) is 3.10. The average Bonchev–Trinajstić information content (AvgIpc) is 2.93. The van der Waals surface area contributed by atoms with Gasteiger partial charge in [-0.3, -0.25) is 14.9 Å². The van der Waals surface area contributed by atoms with E-state index in [-0.39, 0.29) is 18.2 Å². The van der Waals surface area contributed by atoms with Crippen molar-refractivity contribution in [2.75, 3.05) is 31.1 Å². The van der Waals surface area contributed by atoms with Crippen LogP contribution in [0.4, 0.5) is 10.6 Å². The summed E-state index contributed by atoms with van der Waals surface area (Å²) >= 11 is 0. The molecular weight excluding hydrogens is 324 g/mol. The average molecular weight is 346 g/mol. The monoisotopic (exact) mass is 346 g/mol. The third-order valence-corrected chi connectivity index (χ3v) is 4.75. The normalized spacial score (nSPS) is 20.5. The predicted octanol–water partition coefficient (Wildman–Crippen LogP) is -0.270. The summed E-state index contributed by atoms with van der Waals surface area (Å²) in [6.45, 7) is 6.61. The van der Waals surface area contributed by atoms with E-state index in [2.05, 4.69) is 25.5 Å². The fourth-order valence-corrected chi connectivity index (χ4v) is 3.10. The highest BCUT2D eigenvalue weighted by Crippen LogP contribution is 2.20. The van der Waals surface area contributed by atoms with Gasteiger partial charge in [-0.25, -0.2) is 14.8 Å². The zero-order valence-electron chi connectivity index (χ0n) is 14.4. The van der Waals surface area contributed by atoms with E-state index in [0.717, 1.165) is 17.1 Å². The molecule has 0 unspecified atom stereocenters. The van der Waals surface area contributed by atoms with Crippen LogP contribution in [-0.4, -0.2) is 64.9 Å². The summed E-state index contributed by atoms with van der Waals surface area (Å²) in [6.07, 6.45) is 2.13. The first kappa shape index (κ1) is 17.1. The maximum atomic E-state index is 12.3. The molecule has 2 N–H and O–H groups in total. The number of hydrogen-bond donors (Lipinski definition) is 2. The molecule has 2 saturated heterocycles. The van der Waals surface area contributed by atoms with Gasteiger partial charge in [0.1, 0.15) is 18.2 Å². The Morgan fingerprint density at radius 2 is 1.92 bits per heavy atom.